The first-order valence-corrected chi connectivity index (χ1v) is 7.47. The van der Waals surface area contributed by atoms with Crippen LogP contribution in [0.1, 0.15) is 5.56 Å². The Labute approximate surface area is 151 Å². The van der Waals surface area contributed by atoms with E-state index in [0.717, 1.165) is 0 Å². The number of non-ortho nitro benzene ring substituents is 1. The highest BCUT2D eigenvalue weighted by atomic mass is 35.5. The van der Waals surface area contributed by atoms with Crippen LogP contribution >= 0.6 is 23.2 Å². The molecule has 0 saturated heterocycles. The van der Waals surface area contributed by atoms with Crippen LogP contribution in [0.4, 0.5) is 11.4 Å². The van der Waals surface area contributed by atoms with Crippen LogP contribution in [0.25, 0.3) is 0 Å². The summed E-state index contributed by atoms with van der Waals surface area (Å²) in [6, 6.07) is 10.2. The number of hydrogen-bond acceptors (Lipinski definition) is 5. The van der Waals surface area contributed by atoms with Crippen LogP contribution in [0.3, 0.4) is 0 Å². The van der Waals surface area contributed by atoms with Crippen molar-refractivity contribution in [2.75, 3.05) is 5.32 Å². The van der Waals surface area contributed by atoms with Crippen molar-refractivity contribution in [3.05, 3.63) is 68.2 Å². The number of hydrogen-bond donors (Lipinski definition) is 2. The van der Waals surface area contributed by atoms with E-state index in [0.29, 0.717) is 5.56 Å². The summed E-state index contributed by atoms with van der Waals surface area (Å²) >= 11 is 11.7. The van der Waals surface area contributed by atoms with Gasteiger partial charge in [-0.1, -0.05) is 41.4 Å². The summed E-state index contributed by atoms with van der Waals surface area (Å²) in [6.07, 6.45) is 1.17. The Morgan fingerprint density at radius 2 is 1.84 bits per heavy atom. The van der Waals surface area contributed by atoms with Crippen molar-refractivity contribution >= 4 is 52.6 Å². The molecule has 25 heavy (non-hydrogen) atoms. The number of nitro groups is 1. The van der Waals surface area contributed by atoms with Crippen LogP contribution in [0.15, 0.2) is 47.6 Å². The molecule has 2 N–H and O–H groups in total. The molecule has 0 aliphatic carbocycles. The first-order chi connectivity index (χ1) is 11.9. The molecule has 128 valence electrons. The van der Waals surface area contributed by atoms with E-state index in [2.05, 4.69) is 10.4 Å². The predicted octanol–water partition coefficient (Wildman–Crippen LogP) is 2.99. The van der Waals surface area contributed by atoms with E-state index < -0.39 is 16.7 Å². The van der Waals surface area contributed by atoms with Crippen LogP contribution in [-0.4, -0.2) is 23.0 Å². The molecule has 0 fully saturated rings. The topological polar surface area (TPSA) is 114 Å². The highest BCUT2D eigenvalue weighted by Gasteiger charge is 2.15. The molecule has 0 aliphatic heterocycles. The van der Waals surface area contributed by atoms with Crippen molar-refractivity contribution in [3.63, 3.8) is 0 Å². The number of amides is 2. The van der Waals surface area contributed by atoms with Crippen molar-refractivity contribution in [3.8, 4) is 0 Å². The molecule has 0 spiro atoms. The average Bonchev–Trinajstić information content (AvgIpc) is 2.59. The highest BCUT2D eigenvalue weighted by molar-refractivity contribution is 6.45. The third kappa shape index (κ3) is 5.00. The summed E-state index contributed by atoms with van der Waals surface area (Å²) in [7, 11) is 0. The molecule has 0 aromatic heterocycles. The second-order valence-corrected chi connectivity index (χ2v) is 5.39. The maximum Gasteiger partial charge on any atom is 0.329 e. The zero-order valence-corrected chi connectivity index (χ0v) is 13.9. The summed E-state index contributed by atoms with van der Waals surface area (Å²) in [6.45, 7) is 0. The fourth-order valence-electron chi connectivity index (χ4n) is 1.71. The van der Waals surface area contributed by atoms with E-state index >= 15 is 0 Å². The standard InChI is InChI=1S/C15H10Cl2N4O4/c16-11-5-2-6-12(13(11)17)19-14(22)15(23)20-18-8-9-3-1-4-10(7-9)21(24)25/h1-8H,(H,19,22)(H,20,23). The molecular weight excluding hydrogens is 371 g/mol. The molecular formula is C15H10Cl2N4O4. The molecule has 2 rings (SSSR count). The summed E-state index contributed by atoms with van der Waals surface area (Å²) in [4.78, 5) is 33.6. The van der Waals surface area contributed by atoms with Crippen LogP contribution in [0, 0.1) is 10.1 Å². The Morgan fingerprint density at radius 3 is 2.56 bits per heavy atom. The number of benzene rings is 2. The maximum atomic E-state index is 11.8. The van der Waals surface area contributed by atoms with Crippen molar-refractivity contribution in [2.24, 2.45) is 5.10 Å². The zero-order valence-electron chi connectivity index (χ0n) is 12.4. The number of nitro benzene ring substituents is 1. The van der Waals surface area contributed by atoms with Crippen molar-refractivity contribution in [1.29, 1.82) is 0 Å². The van der Waals surface area contributed by atoms with Gasteiger partial charge >= 0.3 is 11.8 Å². The van der Waals surface area contributed by atoms with Gasteiger partial charge in [-0.2, -0.15) is 5.10 Å². The van der Waals surface area contributed by atoms with Gasteiger partial charge < -0.3 is 5.32 Å². The summed E-state index contributed by atoms with van der Waals surface area (Å²) < 4.78 is 0. The predicted molar refractivity (Wildman–Crippen MR) is 93.9 cm³/mol. The summed E-state index contributed by atoms with van der Waals surface area (Å²) in [5, 5.41) is 16.9. The lowest BCUT2D eigenvalue weighted by Crippen LogP contribution is -2.32. The monoisotopic (exact) mass is 380 g/mol. The normalized spacial score (nSPS) is 10.5. The quantitative estimate of drug-likeness (QED) is 0.367. The average molecular weight is 381 g/mol. The second-order valence-electron chi connectivity index (χ2n) is 4.61. The summed E-state index contributed by atoms with van der Waals surface area (Å²) in [5.41, 5.74) is 2.44. The number of halogens is 2. The second kappa shape index (κ2) is 8.22. The lowest BCUT2D eigenvalue weighted by Gasteiger charge is -2.06. The molecule has 0 atom stereocenters. The van der Waals surface area contributed by atoms with E-state index in [4.69, 9.17) is 23.2 Å². The maximum absolute atomic E-state index is 11.8. The smallest absolute Gasteiger partial charge is 0.316 e. The molecule has 2 aromatic rings. The SMILES string of the molecule is O=C(NN=Cc1cccc([N+](=O)[O-])c1)C(=O)Nc1cccc(Cl)c1Cl. The van der Waals surface area contributed by atoms with Gasteiger partial charge in [0, 0.05) is 17.7 Å². The fourth-order valence-corrected chi connectivity index (χ4v) is 2.06. The van der Waals surface area contributed by atoms with Crippen LogP contribution < -0.4 is 10.7 Å². The minimum atomic E-state index is -1.04. The van der Waals surface area contributed by atoms with E-state index in [1.807, 2.05) is 5.43 Å². The number of nitrogens with one attached hydrogen (secondary N) is 2. The fraction of sp³-hybridized carbons (Fsp3) is 0. The van der Waals surface area contributed by atoms with Gasteiger partial charge in [0.1, 0.15) is 0 Å². The number of anilines is 1. The Bertz CT molecular complexity index is 870. The van der Waals surface area contributed by atoms with Crippen molar-refractivity contribution < 1.29 is 14.5 Å². The zero-order chi connectivity index (χ0) is 18.4. The number of carbonyl (C=O) groups is 2. The first-order valence-electron chi connectivity index (χ1n) is 6.71. The minimum absolute atomic E-state index is 0.102. The van der Waals surface area contributed by atoms with Gasteiger partial charge in [-0.05, 0) is 12.1 Å². The van der Waals surface area contributed by atoms with Gasteiger partial charge in [0.2, 0.25) is 0 Å². The molecule has 0 saturated carbocycles. The largest absolute Gasteiger partial charge is 0.329 e. The van der Waals surface area contributed by atoms with Gasteiger partial charge in [0.15, 0.2) is 0 Å². The number of nitrogens with zero attached hydrogens (tertiary/aromatic N) is 2. The number of hydrazone groups is 1. The van der Waals surface area contributed by atoms with E-state index in [-0.39, 0.29) is 21.4 Å². The summed E-state index contributed by atoms with van der Waals surface area (Å²) in [5.74, 6) is -2.04. The molecule has 2 amide bonds. The Kier molecular flexibility index (Phi) is 6.04. The third-order valence-corrected chi connectivity index (χ3v) is 3.69. The lowest BCUT2D eigenvalue weighted by atomic mass is 10.2. The van der Waals surface area contributed by atoms with E-state index in [1.54, 1.807) is 12.1 Å². The Morgan fingerprint density at radius 1 is 1.12 bits per heavy atom. The molecule has 0 heterocycles. The number of carbonyl (C=O) groups excluding carboxylic acids is 2. The van der Waals surface area contributed by atoms with Gasteiger partial charge in [0.05, 0.1) is 26.9 Å². The van der Waals surface area contributed by atoms with Crippen LogP contribution in [0.2, 0.25) is 10.0 Å². The molecule has 0 unspecified atom stereocenters. The minimum Gasteiger partial charge on any atom is -0.316 e. The molecule has 2 aromatic carbocycles. The number of rotatable bonds is 4. The van der Waals surface area contributed by atoms with E-state index in [1.165, 1.54) is 36.5 Å². The van der Waals surface area contributed by atoms with Gasteiger partial charge in [0.25, 0.3) is 5.69 Å². The first kappa shape index (κ1) is 18.4. The van der Waals surface area contributed by atoms with Gasteiger partial charge in [-0.25, -0.2) is 5.43 Å². The van der Waals surface area contributed by atoms with Gasteiger partial charge in [-0.3, -0.25) is 19.7 Å². The van der Waals surface area contributed by atoms with E-state index in [9.17, 15) is 19.7 Å². The van der Waals surface area contributed by atoms with Crippen LogP contribution in [0.5, 0.6) is 0 Å². The molecule has 10 heteroatoms. The van der Waals surface area contributed by atoms with Crippen LogP contribution in [-0.2, 0) is 9.59 Å². The molecule has 0 aliphatic rings. The van der Waals surface area contributed by atoms with Crippen molar-refractivity contribution in [1.82, 2.24) is 5.43 Å². The van der Waals surface area contributed by atoms with Gasteiger partial charge in [-0.15, -0.1) is 0 Å². The Balaban J connectivity index is 1.97. The Hall–Kier alpha value is -2.97. The molecule has 0 bridgehead atoms. The van der Waals surface area contributed by atoms with Crippen molar-refractivity contribution in [2.45, 2.75) is 0 Å². The lowest BCUT2D eigenvalue weighted by molar-refractivity contribution is -0.384. The highest BCUT2D eigenvalue weighted by Crippen LogP contribution is 2.29. The third-order valence-electron chi connectivity index (χ3n) is 2.87. The molecule has 0 radical (unpaired) electrons. The molecule has 8 nitrogen and oxygen atoms in total.